The summed E-state index contributed by atoms with van der Waals surface area (Å²) < 4.78 is 9.88. The van der Waals surface area contributed by atoms with Crippen LogP contribution in [0.4, 0.5) is 0 Å². The molecular weight excluding hydrogens is 204 g/mol. The van der Waals surface area contributed by atoms with E-state index in [1.807, 2.05) is 43.3 Å². The Morgan fingerprint density at radius 1 is 1.38 bits per heavy atom. The zero-order chi connectivity index (χ0) is 11.8. The van der Waals surface area contributed by atoms with Crippen LogP contribution in [0.3, 0.4) is 0 Å². The van der Waals surface area contributed by atoms with Crippen molar-refractivity contribution in [1.82, 2.24) is 0 Å². The van der Waals surface area contributed by atoms with Crippen LogP contribution in [0.15, 0.2) is 43.0 Å². The van der Waals surface area contributed by atoms with E-state index in [-0.39, 0.29) is 6.79 Å². The van der Waals surface area contributed by atoms with Crippen molar-refractivity contribution in [2.75, 3.05) is 6.79 Å². The number of carbonyl (C=O) groups is 1. The Hall–Kier alpha value is -2.03. The van der Waals surface area contributed by atoms with Crippen molar-refractivity contribution >= 4 is 12.0 Å². The van der Waals surface area contributed by atoms with E-state index in [0.717, 1.165) is 11.6 Å². The zero-order valence-electron chi connectivity index (χ0n) is 9.18. The molecule has 0 amide bonds. The molecule has 0 bridgehead atoms. The Kier molecular flexibility index (Phi) is 4.86. The predicted molar refractivity (Wildman–Crippen MR) is 62.9 cm³/mol. The molecule has 84 valence electrons. The number of rotatable bonds is 5. The number of allylic oxidation sites excluding steroid dienone is 1. The fourth-order valence-corrected chi connectivity index (χ4v) is 1.08. The largest absolute Gasteiger partial charge is 0.457 e. The van der Waals surface area contributed by atoms with E-state index in [9.17, 15) is 4.79 Å². The highest BCUT2D eigenvalue weighted by molar-refractivity contribution is 5.81. The van der Waals surface area contributed by atoms with Crippen LogP contribution in [0.2, 0.25) is 0 Å². The van der Waals surface area contributed by atoms with Crippen molar-refractivity contribution in [1.29, 1.82) is 0 Å². The van der Waals surface area contributed by atoms with Gasteiger partial charge in [0.2, 0.25) is 6.79 Å². The molecule has 1 aromatic carbocycles. The van der Waals surface area contributed by atoms with Crippen LogP contribution < -0.4 is 4.74 Å². The summed E-state index contributed by atoms with van der Waals surface area (Å²) in [5.41, 5.74) is 1.10. The summed E-state index contributed by atoms with van der Waals surface area (Å²) in [7, 11) is 0. The van der Waals surface area contributed by atoms with Gasteiger partial charge in [0, 0.05) is 6.08 Å². The Morgan fingerprint density at radius 2 is 2.06 bits per heavy atom. The lowest BCUT2D eigenvalue weighted by Gasteiger charge is -2.05. The van der Waals surface area contributed by atoms with Crippen molar-refractivity contribution in [3.8, 4) is 5.75 Å². The van der Waals surface area contributed by atoms with Gasteiger partial charge in [-0.15, -0.1) is 0 Å². The minimum Gasteiger partial charge on any atom is -0.457 e. The Morgan fingerprint density at radius 3 is 2.62 bits per heavy atom. The van der Waals surface area contributed by atoms with Crippen LogP contribution in [-0.4, -0.2) is 12.8 Å². The molecule has 1 rings (SSSR count). The number of hydrogen-bond acceptors (Lipinski definition) is 3. The summed E-state index contributed by atoms with van der Waals surface area (Å²) in [5, 5.41) is 0. The third-order valence-corrected chi connectivity index (χ3v) is 1.83. The molecule has 0 unspecified atom stereocenters. The monoisotopic (exact) mass is 218 g/mol. The summed E-state index contributed by atoms with van der Waals surface area (Å²) in [6.45, 7) is 5.13. The maximum Gasteiger partial charge on any atom is 0.333 e. The van der Waals surface area contributed by atoms with E-state index < -0.39 is 5.97 Å². The Bertz CT molecular complexity index is 377. The van der Waals surface area contributed by atoms with Gasteiger partial charge in [0.25, 0.3) is 0 Å². The number of hydrogen-bond donors (Lipinski definition) is 0. The van der Waals surface area contributed by atoms with E-state index in [0.29, 0.717) is 5.75 Å². The topological polar surface area (TPSA) is 35.5 Å². The average Bonchev–Trinajstić information content (AvgIpc) is 2.31. The lowest BCUT2D eigenvalue weighted by molar-refractivity contribution is -0.144. The van der Waals surface area contributed by atoms with Crippen LogP contribution in [0.1, 0.15) is 12.5 Å². The molecule has 0 atom stereocenters. The number of benzene rings is 1. The van der Waals surface area contributed by atoms with Crippen LogP contribution in [0, 0.1) is 0 Å². The maximum atomic E-state index is 10.7. The van der Waals surface area contributed by atoms with E-state index in [1.165, 1.54) is 0 Å². The maximum absolute atomic E-state index is 10.7. The molecule has 0 aliphatic carbocycles. The first-order chi connectivity index (χ1) is 7.76. The van der Waals surface area contributed by atoms with Crippen molar-refractivity contribution < 1.29 is 14.3 Å². The van der Waals surface area contributed by atoms with Gasteiger partial charge in [-0.25, -0.2) is 4.79 Å². The molecule has 0 aliphatic rings. The molecule has 0 aliphatic heterocycles. The predicted octanol–water partition coefficient (Wildman–Crippen LogP) is 2.79. The zero-order valence-corrected chi connectivity index (χ0v) is 9.18. The molecule has 0 aromatic heterocycles. The highest BCUT2D eigenvalue weighted by atomic mass is 16.7. The van der Waals surface area contributed by atoms with Crippen LogP contribution in [0.5, 0.6) is 5.75 Å². The highest BCUT2D eigenvalue weighted by Gasteiger charge is 1.96. The second kappa shape index (κ2) is 6.45. The lowest BCUT2D eigenvalue weighted by atomic mass is 10.2. The molecule has 0 radical (unpaired) electrons. The van der Waals surface area contributed by atoms with E-state index in [2.05, 4.69) is 11.3 Å². The first-order valence-corrected chi connectivity index (χ1v) is 4.91. The molecule has 0 saturated heterocycles. The minimum atomic E-state index is -0.495. The summed E-state index contributed by atoms with van der Waals surface area (Å²) >= 11 is 0. The van der Waals surface area contributed by atoms with E-state index in [1.54, 1.807) is 0 Å². The van der Waals surface area contributed by atoms with Crippen LogP contribution in [0.25, 0.3) is 6.08 Å². The third kappa shape index (κ3) is 4.00. The normalized spacial score (nSPS) is 10.1. The third-order valence-electron chi connectivity index (χ3n) is 1.83. The summed E-state index contributed by atoms with van der Waals surface area (Å²) in [6, 6.07) is 7.48. The molecule has 0 heterocycles. The first kappa shape index (κ1) is 12.0. The van der Waals surface area contributed by atoms with Gasteiger partial charge in [-0.3, -0.25) is 0 Å². The van der Waals surface area contributed by atoms with Gasteiger partial charge in [0.1, 0.15) is 5.75 Å². The highest BCUT2D eigenvalue weighted by Crippen LogP contribution is 2.13. The first-order valence-electron chi connectivity index (χ1n) is 4.91. The molecular formula is C13H14O3. The summed E-state index contributed by atoms with van der Waals surface area (Å²) in [5.74, 6) is 0.163. The van der Waals surface area contributed by atoms with Crippen LogP contribution >= 0.6 is 0 Å². The second-order valence-corrected chi connectivity index (χ2v) is 3.00. The Labute approximate surface area is 95.0 Å². The number of esters is 1. The quantitative estimate of drug-likeness (QED) is 0.433. The minimum absolute atomic E-state index is 0.103. The molecule has 0 spiro atoms. The van der Waals surface area contributed by atoms with E-state index in [4.69, 9.17) is 4.74 Å². The fraction of sp³-hybridized carbons (Fsp3) is 0.154. The standard InChI is InChI=1S/C13H14O3/c1-3-5-11-6-8-12(9-7-11)15-10-16-13(14)4-2/h3-9H,2,10H2,1H3/b5-3+. The van der Waals surface area contributed by atoms with Crippen molar-refractivity contribution in [3.05, 3.63) is 48.6 Å². The van der Waals surface area contributed by atoms with Gasteiger partial charge in [-0.05, 0) is 24.6 Å². The van der Waals surface area contributed by atoms with Gasteiger partial charge in [-0.2, -0.15) is 0 Å². The molecule has 16 heavy (non-hydrogen) atoms. The molecule has 1 aromatic rings. The fourth-order valence-electron chi connectivity index (χ4n) is 1.08. The molecule has 3 heteroatoms. The lowest BCUT2D eigenvalue weighted by Crippen LogP contribution is -2.07. The summed E-state index contributed by atoms with van der Waals surface area (Å²) in [6.07, 6.45) is 5.04. The van der Waals surface area contributed by atoms with Crippen molar-refractivity contribution in [3.63, 3.8) is 0 Å². The Balaban J connectivity index is 2.43. The van der Waals surface area contributed by atoms with Gasteiger partial charge in [0.15, 0.2) is 0 Å². The second-order valence-electron chi connectivity index (χ2n) is 3.00. The van der Waals surface area contributed by atoms with Crippen molar-refractivity contribution in [2.45, 2.75) is 6.92 Å². The number of carbonyl (C=O) groups excluding carboxylic acids is 1. The van der Waals surface area contributed by atoms with E-state index >= 15 is 0 Å². The van der Waals surface area contributed by atoms with Gasteiger partial charge in [0.05, 0.1) is 0 Å². The van der Waals surface area contributed by atoms with Crippen LogP contribution in [-0.2, 0) is 9.53 Å². The smallest absolute Gasteiger partial charge is 0.333 e. The van der Waals surface area contributed by atoms with Gasteiger partial charge < -0.3 is 9.47 Å². The van der Waals surface area contributed by atoms with Crippen molar-refractivity contribution in [2.24, 2.45) is 0 Å². The van der Waals surface area contributed by atoms with Gasteiger partial charge >= 0.3 is 5.97 Å². The van der Waals surface area contributed by atoms with Gasteiger partial charge in [-0.1, -0.05) is 30.9 Å². The average molecular weight is 218 g/mol. The summed E-state index contributed by atoms with van der Waals surface area (Å²) in [4.78, 5) is 10.7. The molecule has 0 N–H and O–H groups in total. The molecule has 0 saturated carbocycles. The molecule has 0 fully saturated rings. The SMILES string of the molecule is C=CC(=O)OCOc1ccc(/C=C/C)cc1. The molecule has 3 nitrogen and oxygen atoms in total. The number of ether oxygens (including phenoxy) is 2.